The fraction of sp³-hybridized carbons (Fsp3) is 0.667. The van der Waals surface area contributed by atoms with Crippen LogP contribution in [0, 0.1) is 6.92 Å². The van der Waals surface area contributed by atoms with Gasteiger partial charge in [-0.1, -0.05) is 0 Å². The lowest BCUT2D eigenvalue weighted by Crippen LogP contribution is -2.40. The third-order valence-corrected chi connectivity index (χ3v) is 4.66. The van der Waals surface area contributed by atoms with Gasteiger partial charge in [0.2, 0.25) is 11.8 Å². The zero-order valence-corrected chi connectivity index (χ0v) is 15.7. The molecule has 0 atom stereocenters. The largest absolute Gasteiger partial charge is 0.359 e. The van der Waals surface area contributed by atoms with Crippen molar-refractivity contribution < 1.29 is 9.59 Å². The van der Waals surface area contributed by atoms with E-state index >= 15 is 0 Å². The number of hydrogen-bond acceptors (Lipinski definition) is 5. The molecule has 0 radical (unpaired) electrons. The molecule has 1 aromatic heterocycles. The van der Waals surface area contributed by atoms with Gasteiger partial charge >= 0.3 is 0 Å². The molecule has 2 amide bonds. The third-order valence-electron chi connectivity index (χ3n) is 4.66. The van der Waals surface area contributed by atoms with E-state index in [0.29, 0.717) is 25.3 Å². The number of likely N-dealkylation sites (N-methyl/N-ethyl adjacent to an activating group) is 1. The molecule has 2 heterocycles. The SMILES string of the molecule is CNC(=O)CCc1cc(C2CCN(CC(=O)N(C)C)CC2)nc(C)n1. The Labute approximate surface area is 149 Å². The van der Waals surface area contributed by atoms with E-state index in [2.05, 4.69) is 20.2 Å². The van der Waals surface area contributed by atoms with Crippen molar-refractivity contribution in [2.24, 2.45) is 0 Å². The minimum absolute atomic E-state index is 0.0247. The Morgan fingerprint density at radius 3 is 2.56 bits per heavy atom. The van der Waals surface area contributed by atoms with E-state index in [1.807, 2.05) is 13.0 Å². The van der Waals surface area contributed by atoms with Crippen molar-refractivity contribution in [1.29, 1.82) is 0 Å². The minimum Gasteiger partial charge on any atom is -0.359 e. The second-order valence-electron chi connectivity index (χ2n) is 6.84. The van der Waals surface area contributed by atoms with Gasteiger partial charge in [0.05, 0.1) is 6.54 Å². The van der Waals surface area contributed by atoms with E-state index in [4.69, 9.17) is 0 Å². The number of hydrogen-bond donors (Lipinski definition) is 1. The van der Waals surface area contributed by atoms with Gasteiger partial charge in [-0.25, -0.2) is 9.97 Å². The van der Waals surface area contributed by atoms with Crippen molar-refractivity contribution in [2.75, 3.05) is 40.8 Å². The maximum absolute atomic E-state index is 11.8. The van der Waals surface area contributed by atoms with E-state index in [9.17, 15) is 9.59 Å². The first-order valence-corrected chi connectivity index (χ1v) is 8.86. The van der Waals surface area contributed by atoms with Gasteiger partial charge in [0, 0.05) is 44.9 Å². The van der Waals surface area contributed by atoms with Crippen molar-refractivity contribution >= 4 is 11.8 Å². The van der Waals surface area contributed by atoms with Gasteiger partial charge in [-0.15, -0.1) is 0 Å². The van der Waals surface area contributed by atoms with E-state index in [1.165, 1.54) is 0 Å². The molecule has 0 bridgehead atoms. The summed E-state index contributed by atoms with van der Waals surface area (Å²) in [5.41, 5.74) is 1.99. The second kappa shape index (κ2) is 8.89. The fourth-order valence-electron chi connectivity index (χ4n) is 3.08. The molecular formula is C18H29N5O2. The highest BCUT2D eigenvalue weighted by atomic mass is 16.2. The molecule has 0 spiro atoms. The molecule has 0 unspecified atom stereocenters. The van der Waals surface area contributed by atoms with Crippen LogP contribution in [0.15, 0.2) is 6.07 Å². The minimum atomic E-state index is 0.0247. The Morgan fingerprint density at radius 2 is 1.96 bits per heavy atom. The topological polar surface area (TPSA) is 78.4 Å². The Hall–Kier alpha value is -2.02. The van der Waals surface area contributed by atoms with Crippen molar-refractivity contribution in [3.05, 3.63) is 23.3 Å². The van der Waals surface area contributed by atoms with Crippen LogP contribution in [0.25, 0.3) is 0 Å². The summed E-state index contributed by atoms with van der Waals surface area (Å²) in [6, 6.07) is 2.04. The third kappa shape index (κ3) is 5.77. The van der Waals surface area contributed by atoms with Crippen LogP contribution in [0.2, 0.25) is 0 Å². The van der Waals surface area contributed by atoms with Crippen LogP contribution >= 0.6 is 0 Å². The van der Waals surface area contributed by atoms with Crippen molar-refractivity contribution in [2.45, 2.75) is 38.5 Å². The van der Waals surface area contributed by atoms with Crippen LogP contribution in [0.1, 0.15) is 42.4 Å². The highest BCUT2D eigenvalue weighted by molar-refractivity contribution is 5.77. The zero-order valence-electron chi connectivity index (χ0n) is 15.7. The summed E-state index contributed by atoms with van der Waals surface area (Å²) in [6.07, 6.45) is 3.06. The summed E-state index contributed by atoms with van der Waals surface area (Å²) in [7, 11) is 5.23. The summed E-state index contributed by atoms with van der Waals surface area (Å²) >= 11 is 0. The molecule has 0 saturated carbocycles. The molecule has 7 nitrogen and oxygen atoms in total. The number of carbonyl (C=O) groups is 2. The quantitative estimate of drug-likeness (QED) is 0.821. The average Bonchev–Trinajstić information content (AvgIpc) is 2.59. The summed E-state index contributed by atoms with van der Waals surface area (Å²) in [6.45, 7) is 4.19. The first kappa shape index (κ1) is 19.3. The Morgan fingerprint density at radius 1 is 1.28 bits per heavy atom. The molecule has 2 rings (SSSR count). The molecule has 1 N–H and O–H groups in total. The zero-order chi connectivity index (χ0) is 18.4. The normalized spacial score (nSPS) is 15.8. The predicted molar refractivity (Wildman–Crippen MR) is 96.3 cm³/mol. The van der Waals surface area contributed by atoms with E-state index in [1.54, 1.807) is 26.0 Å². The Kier molecular flexibility index (Phi) is 6.87. The number of likely N-dealkylation sites (tertiary alicyclic amines) is 1. The van der Waals surface area contributed by atoms with Crippen LogP contribution in [-0.2, 0) is 16.0 Å². The van der Waals surface area contributed by atoms with Gasteiger partial charge in [0.15, 0.2) is 0 Å². The monoisotopic (exact) mass is 347 g/mol. The van der Waals surface area contributed by atoms with Gasteiger partial charge in [0.25, 0.3) is 0 Å². The van der Waals surface area contributed by atoms with Crippen LogP contribution < -0.4 is 5.32 Å². The Balaban J connectivity index is 1.95. The highest BCUT2D eigenvalue weighted by Gasteiger charge is 2.24. The van der Waals surface area contributed by atoms with E-state index in [-0.39, 0.29) is 11.8 Å². The maximum Gasteiger partial charge on any atom is 0.236 e. The summed E-state index contributed by atoms with van der Waals surface area (Å²) in [4.78, 5) is 36.2. The van der Waals surface area contributed by atoms with Crippen LogP contribution in [-0.4, -0.2) is 72.4 Å². The number of piperidine rings is 1. The number of aromatic nitrogens is 2. The number of amides is 2. The van der Waals surface area contributed by atoms with Crippen LogP contribution in [0.4, 0.5) is 0 Å². The van der Waals surface area contributed by atoms with Gasteiger partial charge in [-0.2, -0.15) is 0 Å². The van der Waals surface area contributed by atoms with Gasteiger partial charge in [-0.05, 0) is 45.3 Å². The molecule has 1 aliphatic rings. The molecule has 1 fully saturated rings. The summed E-state index contributed by atoms with van der Waals surface area (Å²) in [5.74, 6) is 1.32. The van der Waals surface area contributed by atoms with Crippen molar-refractivity contribution in [3.8, 4) is 0 Å². The number of nitrogens with zero attached hydrogens (tertiary/aromatic N) is 4. The van der Waals surface area contributed by atoms with Crippen LogP contribution in [0.3, 0.4) is 0 Å². The number of aryl methyl sites for hydroxylation is 2. The highest BCUT2D eigenvalue weighted by Crippen LogP contribution is 2.27. The fourth-order valence-corrected chi connectivity index (χ4v) is 3.08. The molecule has 1 aliphatic heterocycles. The first-order valence-electron chi connectivity index (χ1n) is 8.86. The van der Waals surface area contributed by atoms with Crippen molar-refractivity contribution in [1.82, 2.24) is 25.1 Å². The average molecular weight is 347 g/mol. The molecule has 25 heavy (non-hydrogen) atoms. The number of carbonyl (C=O) groups excluding carboxylic acids is 2. The lowest BCUT2D eigenvalue weighted by molar-refractivity contribution is -0.130. The van der Waals surface area contributed by atoms with E-state index in [0.717, 1.165) is 43.1 Å². The van der Waals surface area contributed by atoms with Gasteiger partial charge < -0.3 is 10.2 Å². The first-order chi connectivity index (χ1) is 11.9. The molecule has 0 aromatic carbocycles. The van der Waals surface area contributed by atoms with Gasteiger partial charge in [-0.3, -0.25) is 14.5 Å². The summed E-state index contributed by atoms with van der Waals surface area (Å²) < 4.78 is 0. The predicted octanol–water partition coefficient (Wildman–Crippen LogP) is 0.731. The maximum atomic E-state index is 11.8. The number of nitrogens with one attached hydrogen (secondary N) is 1. The molecule has 1 aromatic rings. The molecule has 7 heteroatoms. The van der Waals surface area contributed by atoms with E-state index < -0.39 is 0 Å². The molecular weight excluding hydrogens is 318 g/mol. The van der Waals surface area contributed by atoms with Crippen molar-refractivity contribution in [3.63, 3.8) is 0 Å². The lowest BCUT2D eigenvalue weighted by atomic mass is 9.92. The smallest absolute Gasteiger partial charge is 0.236 e. The molecule has 1 saturated heterocycles. The number of rotatable bonds is 6. The van der Waals surface area contributed by atoms with Crippen LogP contribution in [0.5, 0.6) is 0 Å². The second-order valence-corrected chi connectivity index (χ2v) is 6.84. The Bertz CT molecular complexity index is 609. The van der Waals surface area contributed by atoms with Gasteiger partial charge in [0.1, 0.15) is 5.82 Å². The standard InChI is InChI=1S/C18H29N5O2/c1-13-20-15(5-6-17(24)19-2)11-16(21-13)14-7-9-23(10-8-14)12-18(25)22(3)4/h11,14H,5-10,12H2,1-4H3,(H,19,24). The molecule has 138 valence electrons. The summed E-state index contributed by atoms with van der Waals surface area (Å²) in [5, 5.41) is 2.64. The molecule has 0 aliphatic carbocycles. The lowest BCUT2D eigenvalue weighted by Gasteiger charge is -2.32.